The molecule has 2 aromatic rings. The summed E-state index contributed by atoms with van der Waals surface area (Å²) in [6.07, 6.45) is 3.35. The number of hydrogen-bond donors (Lipinski definition) is 1. The van der Waals surface area contributed by atoms with Crippen LogP contribution >= 0.6 is 15.9 Å². The lowest BCUT2D eigenvalue weighted by molar-refractivity contribution is 0.422. The van der Waals surface area contributed by atoms with E-state index >= 15 is 0 Å². The van der Waals surface area contributed by atoms with Gasteiger partial charge in [0.2, 0.25) is 0 Å². The Kier molecular flexibility index (Phi) is 3.40. The zero-order valence-corrected chi connectivity index (χ0v) is 10.7. The molecular weight excluding hydrogens is 272 g/mol. The molecular formula is C10H13BrN4O. The van der Waals surface area contributed by atoms with Crippen LogP contribution in [0.15, 0.2) is 27.5 Å². The van der Waals surface area contributed by atoms with E-state index < -0.39 is 0 Å². The van der Waals surface area contributed by atoms with Gasteiger partial charge >= 0.3 is 0 Å². The fourth-order valence-corrected chi connectivity index (χ4v) is 1.96. The van der Waals surface area contributed by atoms with Gasteiger partial charge in [-0.1, -0.05) is 0 Å². The van der Waals surface area contributed by atoms with Crippen molar-refractivity contribution in [1.82, 2.24) is 20.1 Å². The summed E-state index contributed by atoms with van der Waals surface area (Å²) in [6.45, 7) is 2.70. The van der Waals surface area contributed by atoms with Crippen molar-refractivity contribution in [1.29, 1.82) is 0 Å². The van der Waals surface area contributed by atoms with E-state index in [0.29, 0.717) is 6.54 Å². The van der Waals surface area contributed by atoms with Gasteiger partial charge in [0.1, 0.15) is 17.9 Å². The van der Waals surface area contributed by atoms with Crippen molar-refractivity contribution >= 4 is 15.9 Å². The van der Waals surface area contributed by atoms with Gasteiger partial charge < -0.3 is 14.3 Å². The Morgan fingerprint density at radius 2 is 2.44 bits per heavy atom. The first-order valence-corrected chi connectivity index (χ1v) is 5.77. The molecule has 1 N–H and O–H groups in total. The molecule has 5 nitrogen and oxygen atoms in total. The molecule has 0 amide bonds. The first-order chi connectivity index (χ1) is 7.68. The Bertz CT molecular complexity index is 465. The highest BCUT2D eigenvalue weighted by atomic mass is 79.9. The number of furan rings is 1. The first kappa shape index (κ1) is 11.3. The Hall–Kier alpha value is -1.14. The largest absolute Gasteiger partial charge is 0.466 e. The minimum Gasteiger partial charge on any atom is -0.466 e. The van der Waals surface area contributed by atoms with E-state index in [2.05, 4.69) is 31.4 Å². The number of halogens is 1. The molecule has 2 heterocycles. The lowest BCUT2D eigenvalue weighted by Gasteiger charge is -2.11. The fraction of sp³-hybridized carbons (Fsp3) is 0.400. The predicted molar refractivity (Wildman–Crippen MR) is 62.7 cm³/mol. The molecule has 0 aromatic carbocycles. The van der Waals surface area contributed by atoms with Gasteiger partial charge in [-0.15, -0.1) is 10.2 Å². The molecule has 86 valence electrons. The van der Waals surface area contributed by atoms with Crippen LogP contribution in [0.2, 0.25) is 0 Å². The Morgan fingerprint density at radius 1 is 1.62 bits per heavy atom. The topological polar surface area (TPSA) is 55.9 Å². The summed E-state index contributed by atoms with van der Waals surface area (Å²) >= 11 is 3.43. The Morgan fingerprint density at radius 3 is 3.00 bits per heavy atom. The molecule has 0 saturated carbocycles. The maximum absolute atomic E-state index is 5.37. The van der Waals surface area contributed by atoms with Crippen LogP contribution in [-0.2, 0) is 13.6 Å². The lowest BCUT2D eigenvalue weighted by atomic mass is 10.2. The monoisotopic (exact) mass is 284 g/mol. The Balaban J connectivity index is 1.97. The van der Waals surface area contributed by atoms with Gasteiger partial charge in [-0.25, -0.2) is 0 Å². The van der Waals surface area contributed by atoms with Crippen molar-refractivity contribution < 1.29 is 4.42 Å². The summed E-state index contributed by atoms with van der Waals surface area (Å²) in [7, 11) is 1.92. The second kappa shape index (κ2) is 4.80. The molecule has 0 spiro atoms. The van der Waals surface area contributed by atoms with Crippen LogP contribution < -0.4 is 5.32 Å². The molecule has 6 heteroatoms. The molecule has 0 aliphatic carbocycles. The summed E-state index contributed by atoms with van der Waals surface area (Å²) in [5.74, 6) is 1.79. The van der Waals surface area contributed by atoms with Crippen LogP contribution in [0, 0.1) is 0 Å². The van der Waals surface area contributed by atoms with Crippen molar-refractivity contribution in [2.75, 3.05) is 0 Å². The molecule has 0 aliphatic heterocycles. The number of hydrogen-bond acceptors (Lipinski definition) is 4. The summed E-state index contributed by atoms with van der Waals surface area (Å²) in [6, 6.07) is 2.01. The third kappa shape index (κ3) is 2.33. The van der Waals surface area contributed by atoms with E-state index in [1.165, 1.54) is 0 Å². The highest BCUT2D eigenvalue weighted by molar-refractivity contribution is 9.10. The maximum atomic E-state index is 5.37. The summed E-state index contributed by atoms with van der Waals surface area (Å²) in [4.78, 5) is 0. The number of aryl methyl sites for hydroxylation is 1. The number of nitrogens with one attached hydrogen (secondary N) is 1. The van der Waals surface area contributed by atoms with Crippen LogP contribution in [0.5, 0.6) is 0 Å². The number of rotatable bonds is 4. The zero-order valence-electron chi connectivity index (χ0n) is 9.14. The van der Waals surface area contributed by atoms with Crippen LogP contribution in [0.4, 0.5) is 0 Å². The average Bonchev–Trinajstić information content (AvgIpc) is 2.84. The lowest BCUT2D eigenvalue weighted by Crippen LogP contribution is -2.20. The van der Waals surface area contributed by atoms with E-state index in [1.807, 2.05) is 24.6 Å². The molecule has 0 aliphatic rings. The third-order valence-corrected chi connectivity index (χ3v) is 3.06. The minimum atomic E-state index is 0.126. The van der Waals surface area contributed by atoms with Gasteiger partial charge in [0.25, 0.3) is 0 Å². The molecule has 1 atom stereocenters. The minimum absolute atomic E-state index is 0.126. The molecule has 0 radical (unpaired) electrons. The summed E-state index contributed by atoms with van der Waals surface area (Å²) in [5.41, 5.74) is 0. The molecule has 0 bridgehead atoms. The Labute approximate surface area is 102 Å². The zero-order chi connectivity index (χ0) is 11.5. The smallest absolute Gasteiger partial charge is 0.146 e. The first-order valence-electron chi connectivity index (χ1n) is 4.97. The van der Waals surface area contributed by atoms with Crippen LogP contribution in [-0.4, -0.2) is 14.8 Å². The summed E-state index contributed by atoms with van der Waals surface area (Å²) < 4.78 is 8.24. The molecule has 1 unspecified atom stereocenters. The van der Waals surface area contributed by atoms with Crippen LogP contribution in [0.1, 0.15) is 24.6 Å². The maximum Gasteiger partial charge on any atom is 0.146 e. The van der Waals surface area contributed by atoms with Crippen molar-refractivity contribution in [3.05, 3.63) is 34.7 Å². The molecule has 2 aromatic heterocycles. The summed E-state index contributed by atoms with van der Waals surface area (Å²) in [5, 5.41) is 11.1. The van der Waals surface area contributed by atoms with Gasteiger partial charge in [0.05, 0.1) is 23.3 Å². The van der Waals surface area contributed by atoms with Gasteiger partial charge in [0.15, 0.2) is 0 Å². The van der Waals surface area contributed by atoms with Gasteiger partial charge in [-0.2, -0.15) is 0 Å². The highest BCUT2D eigenvalue weighted by Gasteiger charge is 2.13. The number of nitrogens with zero attached hydrogens (tertiary/aromatic N) is 3. The average molecular weight is 285 g/mol. The van der Waals surface area contributed by atoms with Crippen molar-refractivity contribution in [2.45, 2.75) is 19.5 Å². The second-order valence-electron chi connectivity index (χ2n) is 3.59. The standard InChI is InChI=1S/C10H13BrN4O/c1-7(10-8(11)3-4-16-10)12-5-9-14-13-6-15(9)2/h3-4,6-7,12H,5H2,1-2H3. The fourth-order valence-electron chi connectivity index (χ4n) is 1.42. The molecule has 0 fully saturated rings. The van der Waals surface area contributed by atoms with Crippen molar-refractivity contribution in [3.8, 4) is 0 Å². The van der Waals surface area contributed by atoms with E-state index in [9.17, 15) is 0 Å². The normalized spacial score (nSPS) is 12.9. The van der Waals surface area contributed by atoms with Crippen molar-refractivity contribution in [2.24, 2.45) is 7.05 Å². The molecule has 16 heavy (non-hydrogen) atoms. The van der Waals surface area contributed by atoms with E-state index in [1.54, 1.807) is 12.6 Å². The number of aromatic nitrogens is 3. The van der Waals surface area contributed by atoms with Gasteiger partial charge in [-0.05, 0) is 28.9 Å². The predicted octanol–water partition coefficient (Wildman–Crippen LogP) is 2.02. The third-order valence-electron chi connectivity index (χ3n) is 2.41. The quantitative estimate of drug-likeness (QED) is 0.933. The van der Waals surface area contributed by atoms with Gasteiger partial charge in [0, 0.05) is 7.05 Å². The van der Waals surface area contributed by atoms with Crippen LogP contribution in [0.25, 0.3) is 0 Å². The van der Waals surface area contributed by atoms with E-state index in [4.69, 9.17) is 4.42 Å². The second-order valence-corrected chi connectivity index (χ2v) is 4.45. The molecule has 2 rings (SSSR count). The van der Waals surface area contributed by atoms with Gasteiger partial charge in [-0.3, -0.25) is 0 Å². The highest BCUT2D eigenvalue weighted by Crippen LogP contribution is 2.24. The van der Waals surface area contributed by atoms with E-state index in [-0.39, 0.29) is 6.04 Å². The molecule has 0 saturated heterocycles. The SMILES string of the molecule is CC(NCc1nncn1C)c1occc1Br. The van der Waals surface area contributed by atoms with Crippen LogP contribution in [0.3, 0.4) is 0 Å². The van der Waals surface area contributed by atoms with E-state index in [0.717, 1.165) is 16.1 Å². The van der Waals surface area contributed by atoms with Crippen molar-refractivity contribution in [3.63, 3.8) is 0 Å².